The van der Waals surface area contributed by atoms with Crippen molar-refractivity contribution in [2.45, 2.75) is 48.7 Å². The van der Waals surface area contributed by atoms with E-state index in [4.69, 9.17) is 10.5 Å². The van der Waals surface area contributed by atoms with Crippen LogP contribution in [0.15, 0.2) is 4.34 Å². The topological polar surface area (TPSA) is 148 Å². The van der Waals surface area contributed by atoms with E-state index in [9.17, 15) is 19.5 Å². The van der Waals surface area contributed by atoms with E-state index in [0.717, 1.165) is 0 Å². The average Bonchev–Trinajstić information content (AvgIpc) is 3.10. The smallest absolute Gasteiger partial charge is 0.408 e. The fourth-order valence-electron chi connectivity index (χ4n) is 2.84. The molecule has 0 aliphatic carbocycles. The molecule has 2 fully saturated rings. The quantitative estimate of drug-likeness (QED) is 0.413. The highest BCUT2D eigenvalue weighted by Crippen LogP contribution is 2.44. The number of aliphatic carboxylic acids is 1. The summed E-state index contributed by atoms with van der Waals surface area (Å²) in [7, 11) is 0. The number of carboxylic acid groups (broad SMARTS) is 1. The van der Waals surface area contributed by atoms with Crippen LogP contribution in [-0.4, -0.2) is 73.2 Å². The summed E-state index contributed by atoms with van der Waals surface area (Å²) in [5.41, 5.74) is 4.12. The Morgan fingerprint density at radius 2 is 2.17 bits per heavy atom. The third-order valence-electron chi connectivity index (χ3n) is 4.34. The van der Waals surface area contributed by atoms with Gasteiger partial charge >= 0.3 is 12.1 Å². The minimum absolute atomic E-state index is 0.132. The fourth-order valence-corrected chi connectivity index (χ4v) is 6.48. The predicted molar refractivity (Wildman–Crippen MR) is 110 cm³/mol. The number of ether oxygens (including phenoxy) is 1. The first-order valence-corrected chi connectivity index (χ1v) is 11.7. The Morgan fingerprint density at radius 1 is 1.45 bits per heavy atom. The molecule has 2 aliphatic heterocycles. The van der Waals surface area contributed by atoms with E-state index in [1.54, 1.807) is 25.7 Å². The van der Waals surface area contributed by atoms with Crippen LogP contribution in [0.5, 0.6) is 0 Å². The zero-order valence-electron chi connectivity index (χ0n) is 16.2. The molecule has 4 N–H and O–H groups in total. The van der Waals surface area contributed by atoms with Crippen molar-refractivity contribution in [2.75, 3.05) is 18.1 Å². The van der Waals surface area contributed by atoms with Crippen LogP contribution in [-0.2, 0) is 20.9 Å². The number of rotatable bonds is 6. The molecule has 0 saturated carbocycles. The lowest BCUT2D eigenvalue weighted by Crippen LogP contribution is -2.72. The van der Waals surface area contributed by atoms with Gasteiger partial charge in [0, 0.05) is 18.1 Å². The molecule has 29 heavy (non-hydrogen) atoms. The van der Waals surface area contributed by atoms with Crippen LogP contribution >= 0.6 is 34.9 Å². The number of hydrogen-bond donors (Lipinski definition) is 3. The second-order valence-electron chi connectivity index (χ2n) is 7.88. The van der Waals surface area contributed by atoms with Crippen molar-refractivity contribution in [2.24, 2.45) is 11.1 Å². The van der Waals surface area contributed by atoms with Crippen molar-refractivity contribution in [3.05, 3.63) is 5.01 Å². The third-order valence-corrected chi connectivity index (χ3v) is 8.30. The van der Waals surface area contributed by atoms with Crippen LogP contribution in [0, 0.1) is 5.41 Å². The normalized spacial score (nSPS) is 26.5. The van der Waals surface area contributed by atoms with Crippen molar-refractivity contribution < 1.29 is 24.2 Å². The molecule has 3 rings (SSSR count). The van der Waals surface area contributed by atoms with Gasteiger partial charge in [0.15, 0.2) is 4.34 Å². The molecular formula is C16H23N5O5S3. The van der Waals surface area contributed by atoms with Crippen molar-refractivity contribution >= 4 is 52.8 Å². The molecular weight excluding hydrogens is 438 g/mol. The number of hydrogen-bond acceptors (Lipinski definition) is 10. The Labute approximate surface area is 180 Å². The van der Waals surface area contributed by atoms with Crippen molar-refractivity contribution in [3.63, 3.8) is 0 Å². The second kappa shape index (κ2) is 8.28. The van der Waals surface area contributed by atoms with Crippen LogP contribution in [0.1, 0.15) is 25.8 Å². The number of carbonyl (C=O) groups is 3. The van der Waals surface area contributed by atoms with Gasteiger partial charge in [0.1, 0.15) is 27.4 Å². The van der Waals surface area contributed by atoms with Gasteiger partial charge in [0.25, 0.3) is 0 Å². The zero-order valence-corrected chi connectivity index (χ0v) is 18.7. The first-order chi connectivity index (χ1) is 13.5. The molecule has 160 valence electrons. The lowest BCUT2D eigenvalue weighted by atomic mass is 9.89. The Kier molecular flexibility index (Phi) is 6.32. The molecule has 1 aromatic heterocycles. The van der Waals surface area contributed by atoms with Gasteiger partial charge in [-0.15, -0.1) is 22.0 Å². The monoisotopic (exact) mass is 461 g/mol. The summed E-state index contributed by atoms with van der Waals surface area (Å²) in [4.78, 5) is 37.1. The van der Waals surface area contributed by atoms with Gasteiger partial charge in [0.2, 0.25) is 5.91 Å². The van der Waals surface area contributed by atoms with Crippen LogP contribution < -0.4 is 11.1 Å². The molecule has 2 aliphatic rings. The molecule has 0 aromatic carbocycles. The Bertz CT molecular complexity index is 813. The number of nitrogens with one attached hydrogen (secondary N) is 1. The number of alkyl carbamates (subject to hydrolysis) is 1. The maximum atomic E-state index is 12.0. The molecule has 13 heteroatoms. The Hall–Kier alpha value is -1.57. The van der Waals surface area contributed by atoms with Gasteiger partial charge in [-0.2, -0.15) is 0 Å². The molecule has 3 heterocycles. The number of aromatic nitrogens is 2. The number of carbonyl (C=O) groups excluding carboxylic acids is 2. The maximum Gasteiger partial charge on any atom is 0.408 e. The first kappa shape index (κ1) is 22.1. The van der Waals surface area contributed by atoms with Gasteiger partial charge in [-0.05, 0) is 20.8 Å². The molecule has 10 nitrogen and oxygen atoms in total. The van der Waals surface area contributed by atoms with Crippen LogP contribution in [0.4, 0.5) is 4.79 Å². The molecule has 2 saturated heterocycles. The van der Waals surface area contributed by atoms with Gasteiger partial charge in [-0.25, -0.2) is 4.79 Å². The molecule has 1 aromatic rings. The largest absolute Gasteiger partial charge is 0.481 e. The number of thioether (sulfide) groups is 2. The van der Waals surface area contributed by atoms with E-state index in [2.05, 4.69) is 15.5 Å². The van der Waals surface area contributed by atoms with Gasteiger partial charge in [-0.1, -0.05) is 23.1 Å². The summed E-state index contributed by atoms with van der Waals surface area (Å²) < 4.78 is 5.77. The van der Waals surface area contributed by atoms with Crippen molar-refractivity contribution in [3.8, 4) is 0 Å². The number of fused-ring (bicyclic) bond motifs is 1. The van der Waals surface area contributed by atoms with E-state index in [1.807, 2.05) is 0 Å². The summed E-state index contributed by atoms with van der Waals surface area (Å²) in [6.45, 7) is 5.65. The van der Waals surface area contributed by atoms with Crippen molar-refractivity contribution in [1.29, 1.82) is 0 Å². The summed E-state index contributed by atoms with van der Waals surface area (Å²) in [5, 5.41) is 20.9. The van der Waals surface area contributed by atoms with E-state index in [-0.39, 0.29) is 30.1 Å². The Morgan fingerprint density at radius 3 is 2.83 bits per heavy atom. The Balaban J connectivity index is 1.54. The van der Waals surface area contributed by atoms with E-state index in [1.165, 1.54) is 34.9 Å². The lowest BCUT2D eigenvalue weighted by Gasteiger charge is -2.52. The minimum atomic E-state index is -1.07. The van der Waals surface area contributed by atoms with E-state index >= 15 is 0 Å². The fraction of sp³-hybridized carbons (Fsp3) is 0.688. The van der Waals surface area contributed by atoms with Gasteiger partial charge < -0.3 is 25.8 Å². The standard InChI is InChI=1S/C16H23N5O5S3/c1-15(2,3)26-13(25)18-4-8-19-20-14(29-8)28-7-16(12(23)24)5-21-10(22)9(17)11(21)27-6-16/h9,11H,4-7,17H2,1-3H3,(H,18,25)(H,23,24)/t9?,11-,16?/m1/s1. The molecule has 0 radical (unpaired) electrons. The lowest BCUT2D eigenvalue weighted by molar-refractivity contribution is -0.155. The highest BCUT2D eigenvalue weighted by molar-refractivity contribution is 8.01. The van der Waals surface area contributed by atoms with Crippen LogP contribution in [0.2, 0.25) is 0 Å². The van der Waals surface area contributed by atoms with Crippen LogP contribution in [0.3, 0.4) is 0 Å². The minimum Gasteiger partial charge on any atom is -0.481 e. The van der Waals surface area contributed by atoms with E-state index in [0.29, 0.717) is 15.1 Å². The highest BCUT2D eigenvalue weighted by Gasteiger charge is 2.55. The van der Waals surface area contributed by atoms with Gasteiger partial charge in [-0.3, -0.25) is 9.59 Å². The summed E-state index contributed by atoms with van der Waals surface area (Å²) in [6, 6.07) is -0.539. The second-order valence-corrected chi connectivity index (χ2v) is 11.3. The molecule has 2 amide bonds. The SMILES string of the molecule is CC(C)(C)OC(=O)NCc1nnc(SCC2(C(=O)O)CS[C@@H]3C(N)C(=O)N3C2)s1. The van der Waals surface area contributed by atoms with E-state index < -0.39 is 29.1 Å². The third kappa shape index (κ3) is 4.95. The maximum absolute atomic E-state index is 12.0. The number of amides is 2. The van der Waals surface area contributed by atoms with Crippen molar-refractivity contribution in [1.82, 2.24) is 20.4 Å². The first-order valence-electron chi connectivity index (χ1n) is 8.84. The number of nitrogens with zero attached hydrogens (tertiary/aromatic N) is 3. The molecule has 3 atom stereocenters. The summed E-state index contributed by atoms with van der Waals surface area (Å²) in [6.07, 6.45) is -0.544. The number of carboxylic acids is 1. The molecule has 0 spiro atoms. The summed E-state index contributed by atoms with van der Waals surface area (Å²) >= 11 is 3.97. The number of nitrogens with two attached hydrogens (primary N) is 1. The van der Waals surface area contributed by atoms with Crippen LogP contribution in [0.25, 0.3) is 0 Å². The highest BCUT2D eigenvalue weighted by atomic mass is 32.2. The predicted octanol–water partition coefficient (Wildman–Crippen LogP) is 0.968. The zero-order chi connectivity index (χ0) is 21.4. The number of β-lactam (4-membered cyclic amide) rings is 1. The van der Waals surface area contributed by atoms with Gasteiger partial charge in [0.05, 0.1) is 6.54 Å². The molecule has 0 bridgehead atoms. The average molecular weight is 462 g/mol. The molecule has 2 unspecified atom stereocenters. The summed E-state index contributed by atoms with van der Waals surface area (Å²) in [5.74, 6) is -0.511.